The van der Waals surface area contributed by atoms with Crippen molar-refractivity contribution in [3.8, 4) is 0 Å². The lowest BCUT2D eigenvalue weighted by Crippen LogP contribution is -2.33. The van der Waals surface area contributed by atoms with Gasteiger partial charge in [0, 0.05) is 25.2 Å². The average molecular weight is 266 g/mol. The first-order chi connectivity index (χ1) is 8.58. The Morgan fingerprint density at radius 2 is 2.22 bits per heavy atom. The van der Waals surface area contributed by atoms with Gasteiger partial charge in [0.15, 0.2) is 5.16 Å². The van der Waals surface area contributed by atoms with Gasteiger partial charge in [0.2, 0.25) is 0 Å². The molecule has 2 N–H and O–H groups in total. The summed E-state index contributed by atoms with van der Waals surface area (Å²) in [5, 5.41) is 19.2. The highest BCUT2D eigenvalue weighted by Gasteiger charge is 2.17. The van der Waals surface area contributed by atoms with Crippen LogP contribution in [0.4, 0.5) is 4.39 Å². The molecule has 0 fully saturated rings. The van der Waals surface area contributed by atoms with E-state index in [2.05, 4.69) is 4.98 Å². The lowest BCUT2D eigenvalue weighted by atomic mass is 9.77. The van der Waals surface area contributed by atoms with E-state index in [9.17, 15) is 14.4 Å². The van der Waals surface area contributed by atoms with Gasteiger partial charge in [-0.2, -0.15) is 0 Å². The number of hydrogen-bond donors (Lipinski definition) is 2. The van der Waals surface area contributed by atoms with Gasteiger partial charge in [-0.1, -0.05) is 17.8 Å². The molecule has 4 nitrogen and oxygen atoms in total. The first-order valence-electron chi connectivity index (χ1n) is 5.32. The minimum absolute atomic E-state index is 0.191. The fourth-order valence-corrected chi connectivity index (χ4v) is 2.52. The quantitative estimate of drug-likeness (QED) is 0.626. The Hall–Kier alpha value is -1.31. The molecule has 7 heteroatoms. The Balaban J connectivity index is 2.16. The molecule has 0 bridgehead atoms. The standard InChI is InChI=1S/C11H12BFN2O2S/c1-15-5-4-14-11(15)18-7-8-2-3-9(13)6-10(8)12(16)17/h2-6,16-17H,7H2,1H3. The number of thioether (sulfide) groups is 1. The van der Waals surface area contributed by atoms with Crippen molar-refractivity contribution in [3.05, 3.63) is 42.0 Å². The van der Waals surface area contributed by atoms with Crippen LogP contribution in [0.1, 0.15) is 5.56 Å². The van der Waals surface area contributed by atoms with E-state index < -0.39 is 12.9 Å². The van der Waals surface area contributed by atoms with E-state index in [4.69, 9.17) is 0 Å². The van der Waals surface area contributed by atoms with E-state index >= 15 is 0 Å². The fraction of sp³-hybridized carbons (Fsp3) is 0.182. The summed E-state index contributed by atoms with van der Waals surface area (Å²) in [4.78, 5) is 4.15. The number of halogens is 1. The molecule has 0 aliphatic rings. The second kappa shape index (κ2) is 5.56. The van der Waals surface area contributed by atoms with E-state index in [1.807, 2.05) is 17.8 Å². The van der Waals surface area contributed by atoms with Crippen molar-refractivity contribution in [2.75, 3.05) is 0 Å². The van der Waals surface area contributed by atoms with Gasteiger partial charge >= 0.3 is 7.12 Å². The first-order valence-corrected chi connectivity index (χ1v) is 6.31. The highest BCUT2D eigenvalue weighted by molar-refractivity contribution is 7.98. The van der Waals surface area contributed by atoms with Crippen LogP contribution in [-0.2, 0) is 12.8 Å². The molecule has 0 spiro atoms. The molecule has 0 unspecified atom stereocenters. The number of benzene rings is 1. The lowest BCUT2D eigenvalue weighted by molar-refractivity contribution is 0.425. The van der Waals surface area contributed by atoms with E-state index in [-0.39, 0.29) is 5.46 Å². The number of nitrogens with zero attached hydrogens (tertiary/aromatic N) is 2. The zero-order valence-corrected chi connectivity index (χ0v) is 10.6. The normalized spacial score (nSPS) is 10.7. The molecule has 0 saturated heterocycles. The number of hydrogen-bond acceptors (Lipinski definition) is 4. The summed E-state index contributed by atoms with van der Waals surface area (Å²) in [6, 6.07) is 4.00. The van der Waals surface area contributed by atoms with E-state index in [0.29, 0.717) is 11.3 Å². The fourth-order valence-electron chi connectivity index (χ4n) is 1.57. The van der Waals surface area contributed by atoms with Crippen LogP contribution < -0.4 is 5.46 Å². The summed E-state index contributed by atoms with van der Waals surface area (Å²) in [6.45, 7) is 0. The Kier molecular flexibility index (Phi) is 4.06. The van der Waals surface area contributed by atoms with Crippen LogP contribution in [-0.4, -0.2) is 26.7 Å². The molecule has 0 saturated carbocycles. The molecule has 2 aromatic rings. The van der Waals surface area contributed by atoms with Crippen LogP contribution in [0.3, 0.4) is 0 Å². The van der Waals surface area contributed by atoms with Crippen LogP contribution >= 0.6 is 11.8 Å². The molecule has 2 rings (SSSR count). The first kappa shape index (κ1) is 13.1. The van der Waals surface area contributed by atoms with Crippen molar-refractivity contribution >= 4 is 24.3 Å². The second-order valence-corrected chi connectivity index (χ2v) is 4.77. The zero-order valence-electron chi connectivity index (χ0n) is 9.75. The third-order valence-electron chi connectivity index (χ3n) is 2.52. The minimum Gasteiger partial charge on any atom is -0.423 e. The van der Waals surface area contributed by atoms with Crippen molar-refractivity contribution in [1.82, 2.24) is 9.55 Å². The molecular formula is C11H12BFN2O2S. The van der Waals surface area contributed by atoms with Crippen molar-refractivity contribution in [3.63, 3.8) is 0 Å². The number of aryl methyl sites for hydroxylation is 1. The molecule has 0 radical (unpaired) electrons. The van der Waals surface area contributed by atoms with E-state index in [1.54, 1.807) is 12.3 Å². The Morgan fingerprint density at radius 3 is 2.83 bits per heavy atom. The smallest absolute Gasteiger partial charge is 0.423 e. The zero-order chi connectivity index (χ0) is 13.1. The number of aromatic nitrogens is 2. The third kappa shape index (κ3) is 2.93. The lowest BCUT2D eigenvalue weighted by Gasteiger charge is -2.08. The Morgan fingerprint density at radius 1 is 1.44 bits per heavy atom. The van der Waals surface area contributed by atoms with Crippen molar-refractivity contribution in [2.45, 2.75) is 10.9 Å². The molecule has 1 aromatic heterocycles. The van der Waals surface area contributed by atoms with Crippen LogP contribution in [0.5, 0.6) is 0 Å². The molecule has 1 heterocycles. The molecule has 1 aromatic carbocycles. The van der Waals surface area contributed by atoms with E-state index in [1.165, 1.54) is 17.8 Å². The molecular weight excluding hydrogens is 254 g/mol. The maximum atomic E-state index is 13.0. The topological polar surface area (TPSA) is 58.3 Å². The van der Waals surface area contributed by atoms with Crippen LogP contribution in [0.2, 0.25) is 0 Å². The summed E-state index contributed by atoms with van der Waals surface area (Å²) in [5.74, 6) is 0.0155. The van der Waals surface area contributed by atoms with Crippen molar-refractivity contribution in [2.24, 2.45) is 7.05 Å². The van der Waals surface area contributed by atoms with Gasteiger partial charge in [-0.25, -0.2) is 9.37 Å². The summed E-state index contributed by atoms with van der Waals surface area (Å²) in [7, 11) is 0.208. The maximum absolute atomic E-state index is 13.0. The maximum Gasteiger partial charge on any atom is 0.488 e. The van der Waals surface area contributed by atoms with Crippen molar-refractivity contribution < 1.29 is 14.4 Å². The van der Waals surface area contributed by atoms with Gasteiger partial charge in [0.25, 0.3) is 0 Å². The molecule has 0 atom stereocenters. The van der Waals surface area contributed by atoms with Crippen molar-refractivity contribution in [1.29, 1.82) is 0 Å². The van der Waals surface area contributed by atoms with Gasteiger partial charge in [-0.3, -0.25) is 0 Å². The van der Waals surface area contributed by atoms with Gasteiger partial charge in [-0.05, 0) is 23.2 Å². The molecule has 0 aliphatic carbocycles. The van der Waals surface area contributed by atoms with Crippen LogP contribution in [0, 0.1) is 5.82 Å². The largest absolute Gasteiger partial charge is 0.488 e. The third-order valence-corrected chi connectivity index (χ3v) is 3.63. The summed E-state index contributed by atoms with van der Waals surface area (Å²) < 4.78 is 14.9. The summed E-state index contributed by atoms with van der Waals surface area (Å²) in [5.41, 5.74) is 0.871. The van der Waals surface area contributed by atoms with E-state index in [0.717, 1.165) is 11.2 Å². The van der Waals surface area contributed by atoms with Crippen LogP contribution in [0.15, 0.2) is 35.7 Å². The predicted molar refractivity (Wildman–Crippen MR) is 69.0 cm³/mol. The number of rotatable bonds is 4. The predicted octanol–water partition coefficient (Wildman–Crippen LogP) is 0.531. The molecule has 18 heavy (non-hydrogen) atoms. The van der Waals surface area contributed by atoms with Gasteiger partial charge in [0.1, 0.15) is 5.82 Å². The second-order valence-electron chi connectivity index (χ2n) is 3.83. The monoisotopic (exact) mass is 266 g/mol. The Bertz CT molecular complexity index is 548. The average Bonchev–Trinajstić information content (AvgIpc) is 2.73. The van der Waals surface area contributed by atoms with Gasteiger partial charge in [0.05, 0.1) is 0 Å². The Labute approximate surface area is 109 Å². The molecule has 0 aliphatic heterocycles. The highest BCUT2D eigenvalue weighted by atomic mass is 32.2. The highest BCUT2D eigenvalue weighted by Crippen LogP contribution is 2.19. The van der Waals surface area contributed by atoms with Gasteiger partial charge < -0.3 is 14.6 Å². The minimum atomic E-state index is -1.67. The van der Waals surface area contributed by atoms with Crippen LogP contribution in [0.25, 0.3) is 0 Å². The summed E-state index contributed by atoms with van der Waals surface area (Å²) in [6.07, 6.45) is 3.52. The number of imidazole rings is 1. The summed E-state index contributed by atoms with van der Waals surface area (Å²) >= 11 is 1.45. The van der Waals surface area contributed by atoms with Gasteiger partial charge in [-0.15, -0.1) is 0 Å². The SMILES string of the molecule is Cn1ccnc1SCc1ccc(F)cc1B(O)O. The molecule has 0 amide bonds. The molecule has 94 valence electrons.